The third-order valence-electron chi connectivity index (χ3n) is 2.83. The van der Waals surface area contributed by atoms with E-state index < -0.39 is 10.0 Å². The molecule has 1 heterocycles. The van der Waals surface area contributed by atoms with Crippen molar-refractivity contribution < 1.29 is 13.5 Å². The van der Waals surface area contributed by atoms with Crippen LogP contribution in [0.3, 0.4) is 0 Å². The number of aryl methyl sites for hydroxylation is 1. The molecule has 0 amide bonds. The predicted octanol–water partition coefficient (Wildman–Crippen LogP) is 0.720. The molecule has 0 saturated carbocycles. The maximum Gasteiger partial charge on any atom is 0.246 e. The van der Waals surface area contributed by atoms with Crippen LogP contribution in [-0.2, 0) is 22.5 Å². The molecule has 0 radical (unpaired) electrons. The van der Waals surface area contributed by atoms with E-state index in [2.05, 4.69) is 5.10 Å². The van der Waals surface area contributed by atoms with Gasteiger partial charge in [0.25, 0.3) is 0 Å². The highest BCUT2D eigenvalue weighted by molar-refractivity contribution is 7.89. The molecule has 1 aromatic rings. The zero-order valence-corrected chi connectivity index (χ0v) is 13.0. The Balaban J connectivity index is 3.36. The average Bonchev–Trinajstić information content (AvgIpc) is 2.68. The zero-order valence-electron chi connectivity index (χ0n) is 12.2. The normalized spacial score (nSPS) is 13.2. The summed E-state index contributed by atoms with van der Waals surface area (Å²) in [5.74, 6) is 0. The van der Waals surface area contributed by atoms with Gasteiger partial charge in [-0.15, -0.1) is 0 Å². The van der Waals surface area contributed by atoms with Gasteiger partial charge in [0.05, 0.1) is 12.3 Å². The molecule has 0 spiro atoms. The molecule has 110 valence electrons. The second-order valence-corrected chi connectivity index (χ2v) is 7.39. The van der Waals surface area contributed by atoms with Crippen LogP contribution in [0, 0.1) is 0 Å². The third-order valence-corrected chi connectivity index (χ3v) is 4.80. The molecule has 19 heavy (non-hydrogen) atoms. The lowest BCUT2D eigenvalue weighted by Crippen LogP contribution is -2.34. The fourth-order valence-electron chi connectivity index (χ4n) is 1.87. The summed E-state index contributed by atoms with van der Waals surface area (Å²) in [5, 5.41) is 13.3. The number of aliphatic hydroxyl groups excluding tert-OH is 1. The van der Waals surface area contributed by atoms with Gasteiger partial charge in [-0.05, 0) is 0 Å². The van der Waals surface area contributed by atoms with Gasteiger partial charge in [-0.2, -0.15) is 9.40 Å². The van der Waals surface area contributed by atoms with Crippen molar-refractivity contribution in [2.24, 2.45) is 7.05 Å². The number of aliphatic hydroxyl groups is 1. The fraction of sp³-hybridized carbons (Fsp3) is 0.750. The van der Waals surface area contributed by atoms with E-state index in [4.69, 9.17) is 5.11 Å². The van der Waals surface area contributed by atoms with Crippen LogP contribution in [0.15, 0.2) is 11.1 Å². The Morgan fingerprint density at radius 2 is 2.00 bits per heavy atom. The van der Waals surface area contributed by atoms with Crippen molar-refractivity contribution in [1.82, 2.24) is 14.1 Å². The van der Waals surface area contributed by atoms with Gasteiger partial charge in [-0.1, -0.05) is 27.7 Å². The largest absolute Gasteiger partial charge is 0.395 e. The molecule has 0 unspecified atom stereocenters. The van der Waals surface area contributed by atoms with E-state index in [1.54, 1.807) is 14.0 Å². The van der Waals surface area contributed by atoms with Gasteiger partial charge in [0.2, 0.25) is 10.0 Å². The molecule has 0 aliphatic carbocycles. The maximum absolute atomic E-state index is 12.6. The van der Waals surface area contributed by atoms with E-state index in [9.17, 15) is 8.42 Å². The van der Waals surface area contributed by atoms with Gasteiger partial charge in [0, 0.05) is 31.7 Å². The molecule has 6 nitrogen and oxygen atoms in total. The Kier molecular flexibility index (Phi) is 4.76. The Morgan fingerprint density at radius 3 is 2.42 bits per heavy atom. The van der Waals surface area contributed by atoms with E-state index in [1.165, 1.54) is 15.2 Å². The Labute approximate surface area is 115 Å². The first-order valence-electron chi connectivity index (χ1n) is 6.29. The molecule has 1 aromatic heterocycles. The van der Waals surface area contributed by atoms with E-state index >= 15 is 0 Å². The summed E-state index contributed by atoms with van der Waals surface area (Å²) >= 11 is 0. The fourth-order valence-corrected chi connectivity index (χ4v) is 3.69. The van der Waals surface area contributed by atoms with Crippen molar-refractivity contribution in [3.05, 3.63) is 11.9 Å². The lowest BCUT2D eigenvalue weighted by molar-refractivity contribution is 0.257. The minimum Gasteiger partial charge on any atom is -0.395 e. The summed E-state index contributed by atoms with van der Waals surface area (Å²) in [6.07, 6.45) is 1.52. The van der Waals surface area contributed by atoms with Crippen molar-refractivity contribution in [3.8, 4) is 0 Å². The van der Waals surface area contributed by atoms with Crippen molar-refractivity contribution in [2.45, 2.75) is 38.0 Å². The highest BCUT2D eigenvalue weighted by Crippen LogP contribution is 2.29. The summed E-state index contributed by atoms with van der Waals surface area (Å²) in [6.45, 7) is 7.75. The number of rotatable bonds is 5. The SMILES string of the molecule is CCN(CCO)S(=O)(=O)c1cn(C)nc1C(C)(C)C. The van der Waals surface area contributed by atoms with Crippen molar-refractivity contribution in [2.75, 3.05) is 19.7 Å². The standard InChI is InChI=1S/C12H23N3O3S/c1-6-15(7-8-16)19(17,18)10-9-14(5)13-11(10)12(2,3)4/h9,16H,6-8H2,1-5H3. The molecular weight excluding hydrogens is 266 g/mol. The van der Waals surface area contributed by atoms with Crippen LogP contribution in [-0.4, -0.2) is 47.3 Å². The molecule has 0 fully saturated rings. The quantitative estimate of drug-likeness (QED) is 0.866. The monoisotopic (exact) mass is 289 g/mol. The number of aromatic nitrogens is 2. The molecular formula is C12H23N3O3S. The summed E-state index contributed by atoms with van der Waals surface area (Å²) in [4.78, 5) is 0.220. The molecule has 1 N–H and O–H groups in total. The van der Waals surface area contributed by atoms with E-state index in [0.29, 0.717) is 12.2 Å². The zero-order chi connectivity index (χ0) is 14.8. The molecule has 0 atom stereocenters. The number of hydrogen-bond donors (Lipinski definition) is 1. The van der Waals surface area contributed by atoms with Gasteiger partial charge in [-0.3, -0.25) is 4.68 Å². The first kappa shape index (κ1) is 16.1. The number of hydrogen-bond acceptors (Lipinski definition) is 4. The highest BCUT2D eigenvalue weighted by atomic mass is 32.2. The van der Waals surface area contributed by atoms with Crippen LogP contribution in [0.25, 0.3) is 0 Å². The van der Waals surface area contributed by atoms with E-state index in [1.807, 2.05) is 20.8 Å². The topological polar surface area (TPSA) is 75.4 Å². The van der Waals surface area contributed by atoms with Gasteiger partial charge in [0.1, 0.15) is 4.90 Å². The van der Waals surface area contributed by atoms with Gasteiger partial charge < -0.3 is 5.11 Å². The molecule has 7 heteroatoms. The highest BCUT2D eigenvalue weighted by Gasteiger charge is 2.32. The number of nitrogens with zero attached hydrogens (tertiary/aromatic N) is 3. The molecule has 1 rings (SSSR count). The van der Waals surface area contributed by atoms with Gasteiger partial charge >= 0.3 is 0 Å². The van der Waals surface area contributed by atoms with Gasteiger partial charge in [-0.25, -0.2) is 8.42 Å². The molecule has 0 aliphatic heterocycles. The summed E-state index contributed by atoms with van der Waals surface area (Å²) < 4.78 is 28.0. The molecule has 0 aliphatic rings. The Hall–Kier alpha value is -0.920. The van der Waals surface area contributed by atoms with Crippen molar-refractivity contribution >= 4 is 10.0 Å². The molecule has 0 bridgehead atoms. The van der Waals surface area contributed by atoms with Crippen LogP contribution in [0.2, 0.25) is 0 Å². The third kappa shape index (κ3) is 3.34. The minimum absolute atomic E-state index is 0.0946. The smallest absolute Gasteiger partial charge is 0.246 e. The predicted molar refractivity (Wildman–Crippen MR) is 73.4 cm³/mol. The summed E-state index contributed by atoms with van der Waals surface area (Å²) in [5.41, 5.74) is 0.189. The summed E-state index contributed by atoms with van der Waals surface area (Å²) in [6, 6.07) is 0. The van der Waals surface area contributed by atoms with Crippen LogP contribution in [0.4, 0.5) is 0 Å². The second kappa shape index (κ2) is 5.60. The first-order valence-corrected chi connectivity index (χ1v) is 7.73. The molecule has 0 saturated heterocycles. The van der Waals surface area contributed by atoms with Crippen molar-refractivity contribution in [1.29, 1.82) is 0 Å². The Bertz CT molecular complexity index is 529. The lowest BCUT2D eigenvalue weighted by Gasteiger charge is -2.22. The van der Waals surface area contributed by atoms with Crippen LogP contribution >= 0.6 is 0 Å². The first-order chi connectivity index (χ1) is 8.64. The maximum atomic E-state index is 12.6. The Morgan fingerprint density at radius 1 is 1.42 bits per heavy atom. The minimum atomic E-state index is -3.62. The van der Waals surface area contributed by atoms with Gasteiger partial charge in [0.15, 0.2) is 0 Å². The number of likely N-dealkylation sites (N-methyl/N-ethyl adjacent to an activating group) is 1. The number of sulfonamides is 1. The van der Waals surface area contributed by atoms with Crippen molar-refractivity contribution in [3.63, 3.8) is 0 Å². The summed E-state index contributed by atoms with van der Waals surface area (Å²) in [7, 11) is -1.91. The van der Waals surface area contributed by atoms with Crippen LogP contribution < -0.4 is 0 Å². The second-order valence-electron chi connectivity index (χ2n) is 5.49. The van der Waals surface area contributed by atoms with Crippen LogP contribution in [0.1, 0.15) is 33.4 Å². The molecule has 0 aromatic carbocycles. The van der Waals surface area contributed by atoms with Crippen LogP contribution in [0.5, 0.6) is 0 Å². The van der Waals surface area contributed by atoms with E-state index in [0.717, 1.165) is 0 Å². The average molecular weight is 289 g/mol. The lowest BCUT2D eigenvalue weighted by atomic mass is 9.92. The van der Waals surface area contributed by atoms with E-state index in [-0.39, 0.29) is 23.5 Å².